The van der Waals surface area contributed by atoms with Crippen LogP contribution in [0.2, 0.25) is 5.02 Å². The lowest BCUT2D eigenvalue weighted by atomic mass is 10.2. The summed E-state index contributed by atoms with van der Waals surface area (Å²) in [6, 6.07) is 2.02. The van der Waals surface area contributed by atoms with E-state index in [4.69, 9.17) is 21.6 Å². The average Bonchev–Trinajstić information content (AvgIpc) is 2.46. The molecule has 0 saturated carbocycles. The number of carbonyl (C=O) groups is 1. The number of halogens is 1. The standard InChI is InChI=1S/C15H19ClN4O2/c1-15(2,3)22-14(21)20-6-4-19(5-7-20)12-10-18-9-11(8-17)13(12)16/h9-10H,4-7H2,1-3H3. The highest BCUT2D eigenvalue weighted by Crippen LogP contribution is 2.28. The number of amides is 1. The summed E-state index contributed by atoms with van der Waals surface area (Å²) in [5, 5.41) is 9.41. The van der Waals surface area contributed by atoms with Gasteiger partial charge in [-0.2, -0.15) is 5.26 Å². The molecule has 1 aromatic heterocycles. The molecule has 2 rings (SSSR count). The third-order valence-electron chi connectivity index (χ3n) is 3.25. The average molecular weight is 323 g/mol. The van der Waals surface area contributed by atoms with E-state index in [1.54, 1.807) is 11.1 Å². The SMILES string of the molecule is CC(C)(C)OC(=O)N1CCN(c2cncc(C#N)c2Cl)CC1. The normalized spacial score (nSPS) is 15.4. The Morgan fingerprint density at radius 2 is 1.95 bits per heavy atom. The van der Waals surface area contributed by atoms with E-state index in [9.17, 15) is 4.79 Å². The highest BCUT2D eigenvalue weighted by molar-refractivity contribution is 6.34. The van der Waals surface area contributed by atoms with Gasteiger partial charge in [-0.1, -0.05) is 11.6 Å². The van der Waals surface area contributed by atoms with Gasteiger partial charge in [-0.3, -0.25) is 4.98 Å². The molecule has 0 unspecified atom stereocenters. The molecule has 0 N–H and O–H groups in total. The Labute approximate surface area is 135 Å². The molecule has 1 fully saturated rings. The van der Waals surface area contributed by atoms with Crippen molar-refractivity contribution in [3.63, 3.8) is 0 Å². The number of nitriles is 1. The van der Waals surface area contributed by atoms with E-state index in [2.05, 4.69) is 4.98 Å². The number of anilines is 1. The van der Waals surface area contributed by atoms with Crippen molar-refractivity contribution >= 4 is 23.4 Å². The Kier molecular flexibility index (Phi) is 4.77. The van der Waals surface area contributed by atoms with Gasteiger partial charge in [0.2, 0.25) is 0 Å². The van der Waals surface area contributed by atoms with Crippen molar-refractivity contribution in [1.82, 2.24) is 9.88 Å². The van der Waals surface area contributed by atoms with E-state index in [0.29, 0.717) is 36.8 Å². The number of rotatable bonds is 1. The number of aromatic nitrogens is 1. The van der Waals surface area contributed by atoms with E-state index < -0.39 is 5.60 Å². The maximum absolute atomic E-state index is 12.0. The lowest BCUT2D eigenvalue weighted by molar-refractivity contribution is 0.0240. The summed E-state index contributed by atoms with van der Waals surface area (Å²) in [5.41, 5.74) is 0.584. The molecule has 1 amide bonds. The number of ether oxygens (including phenoxy) is 1. The fraction of sp³-hybridized carbons (Fsp3) is 0.533. The zero-order valence-electron chi connectivity index (χ0n) is 13.0. The fourth-order valence-corrected chi connectivity index (χ4v) is 2.45. The van der Waals surface area contributed by atoms with Crippen LogP contribution in [0, 0.1) is 11.3 Å². The number of hydrogen-bond donors (Lipinski definition) is 0. The highest BCUT2D eigenvalue weighted by Gasteiger charge is 2.27. The Hall–Kier alpha value is -2.00. The van der Waals surface area contributed by atoms with Crippen molar-refractivity contribution in [3.05, 3.63) is 23.0 Å². The number of hydrogen-bond acceptors (Lipinski definition) is 5. The van der Waals surface area contributed by atoms with Crippen LogP contribution in [0.15, 0.2) is 12.4 Å². The van der Waals surface area contributed by atoms with E-state index in [-0.39, 0.29) is 6.09 Å². The minimum absolute atomic E-state index is 0.304. The van der Waals surface area contributed by atoms with Gasteiger partial charge in [0.1, 0.15) is 11.7 Å². The largest absolute Gasteiger partial charge is 0.444 e. The molecule has 0 spiro atoms. The Morgan fingerprint density at radius 1 is 1.32 bits per heavy atom. The smallest absolute Gasteiger partial charge is 0.410 e. The van der Waals surface area contributed by atoms with E-state index in [1.807, 2.05) is 31.7 Å². The molecule has 118 valence electrons. The molecule has 0 aliphatic carbocycles. The number of pyridine rings is 1. The van der Waals surface area contributed by atoms with Crippen LogP contribution in [0.25, 0.3) is 0 Å². The number of carbonyl (C=O) groups excluding carboxylic acids is 1. The molecule has 2 heterocycles. The highest BCUT2D eigenvalue weighted by atomic mass is 35.5. The first kappa shape index (κ1) is 16.4. The predicted octanol–water partition coefficient (Wildman–Crippen LogP) is 2.66. The second kappa shape index (κ2) is 6.41. The molecular weight excluding hydrogens is 304 g/mol. The summed E-state index contributed by atoms with van der Waals surface area (Å²) >= 11 is 6.22. The van der Waals surface area contributed by atoms with Crippen molar-refractivity contribution in [2.24, 2.45) is 0 Å². The first-order valence-electron chi connectivity index (χ1n) is 7.08. The van der Waals surface area contributed by atoms with Crippen molar-refractivity contribution in [1.29, 1.82) is 5.26 Å². The van der Waals surface area contributed by atoms with Crippen molar-refractivity contribution in [2.45, 2.75) is 26.4 Å². The van der Waals surface area contributed by atoms with Gasteiger partial charge in [-0.25, -0.2) is 4.79 Å². The number of nitrogens with zero attached hydrogens (tertiary/aromatic N) is 4. The zero-order valence-corrected chi connectivity index (χ0v) is 13.7. The van der Waals surface area contributed by atoms with Crippen molar-refractivity contribution < 1.29 is 9.53 Å². The second-order valence-electron chi connectivity index (χ2n) is 6.09. The lowest BCUT2D eigenvalue weighted by Crippen LogP contribution is -2.50. The molecule has 7 heteroatoms. The summed E-state index contributed by atoms with van der Waals surface area (Å²) in [5.74, 6) is 0. The van der Waals surface area contributed by atoms with E-state index >= 15 is 0 Å². The van der Waals surface area contributed by atoms with Crippen LogP contribution in [0.5, 0.6) is 0 Å². The Morgan fingerprint density at radius 3 is 2.50 bits per heavy atom. The molecule has 0 bridgehead atoms. The molecule has 0 aromatic carbocycles. The van der Waals surface area contributed by atoms with E-state index in [0.717, 1.165) is 5.69 Å². The molecule has 1 aliphatic heterocycles. The molecule has 1 saturated heterocycles. The predicted molar refractivity (Wildman–Crippen MR) is 84.0 cm³/mol. The van der Waals surface area contributed by atoms with Gasteiger partial charge in [-0.05, 0) is 20.8 Å². The summed E-state index contributed by atoms with van der Waals surface area (Å²) in [7, 11) is 0. The molecule has 0 radical (unpaired) electrons. The quantitative estimate of drug-likeness (QED) is 0.795. The van der Waals surface area contributed by atoms with Crippen LogP contribution < -0.4 is 4.90 Å². The van der Waals surface area contributed by atoms with Gasteiger partial charge in [0.05, 0.1) is 22.5 Å². The Bertz CT molecular complexity index is 599. The van der Waals surface area contributed by atoms with Crippen LogP contribution in [0.3, 0.4) is 0 Å². The second-order valence-corrected chi connectivity index (χ2v) is 6.46. The molecular formula is C15H19ClN4O2. The molecule has 1 aliphatic rings. The zero-order chi connectivity index (χ0) is 16.3. The van der Waals surface area contributed by atoms with Crippen LogP contribution in [-0.2, 0) is 4.74 Å². The van der Waals surface area contributed by atoms with Gasteiger partial charge in [0, 0.05) is 32.4 Å². The van der Waals surface area contributed by atoms with Crippen LogP contribution in [0.1, 0.15) is 26.3 Å². The van der Waals surface area contributed by atoms with Crippen LogP contribution in [0.4, 0.5) is 10.5 Å². The van der Waals surface area contributed by atoms with Gasteiger partial charge < -0.3 is 14.5 Å². The summed E-state index contributed by atoms with van der Waals surface area (Å²) in [4.78, 5) is 19.8. The van der Waals surface area contributed by atoms with Gasteiger partial charge in [-0.15, -0.1) is 0 Å². The lowest BCUT2D eigenvalue weighted by Gasteiger charge is -2.36. The maximum atomic E-state index is 12.0. The monoisotopic (exact) mass is 322 g/mol. The van der Waals surface area contributed by atoms with Crippen LogP contribution in [-0.4, -0.2) is 47.8 Å². The van der Waals surface area contributed by atoms with Gasteiger partial charge in [0.25, 0.3) is 0 Å². The van der Waals surface area contributed by atoms with Gasteiger partial charge >= 0.3 is 6.09 Å². The van der Waals surface area contributed by atoms with E-state index in [1.165, 1.54) is 6.20 Å². The summed E-state index contributed by atoms with van der Waals surface area (Å²) in [6.45, 7) is 7.87. The summed E-state index contributed by atoms with van der Waals surface area (Å²) < 4.78 is 5.37. The first-order chi connectivity index (χ1) is 10.3. The Balaban J connectivity index is 2.01. The third kappa shape index (κ3) is 3.80. The fourth-order valence-electron chi connectivity index (χ4n) is 2.19. The number of piperazine rings is 1. The maximum Gasteiger partial charge on any atom is 0.410 e. The molecule has 1 aromatic rings. The van der Waals surface area contributed by atoms with Crippen molar-refractivity contribution in [2.75, 3.05) is 31.1 Å². The van der Waals surface area contributed by atoms with Crippen molar-refractivity contribution in [3.8, 4) is 6.07 Å². The summed E-state index contributed by atoms with van der Waals surface area (Å²) in [6.07, 6.45) is 2.79. The first-order valence-corrected chi connectivity index (χ1v) is 7.46. The van der Waals surface area contributed by atoms with Gasteiger partial charge in [0.15, 0.2) is 0 Å². The molecule has 0 atom stereocenters. The van der Waals surface area contributed by atoms with Crippen LogP contribution >= 0.6 is 11.6 Å². The minimum Gasteiger partial charge on any atom is -0.444 e. The molecule has 22 heavy (non-hydrogen) atoms. The minimum atomic E-state index is -0.497. The topological polar surface area (TPSA) is 69.5 Å². The molecule has 6 nitrogen and oxygen atoms in total. The third-order valence-corrected chi connectivity index (χ3v) is 3.65.